The van der Waals surface area contributed by atoms with Gasteiger partial charge in [0.15, 0.2) is 0 Å². The fraction of sp³-hybridized carbons (Fsp3) is 0.200. The molecule has 1 aliphatic rings. The van der Waals surface area contributed by atoms with Crippen LogP contribution in [0.2, 0.25) is 0 Å². The van der Waals surface area contributed by atoms with Gasteiger partial charge >= 0.3 is 0 Å². The Hall–Kier alpha value is -3.24. The largest absolute Gasteiger partial charge is 0.359 e. The summed E-state index contributed by atoms with van der Waals surface area (Å²) in [5.41, 5.74) is 4.59. The van der Waals surface area contributed by atoms with Gasteiger partial charge in [-0.2, -0.15) is 0 Å². The van der Waals surface area contributed by atoms with E-state index in [1.165, 1.54) is 22.3 Å². The van der Waals surface area contributed by atoms with E-state index in [0.29, 0.717) is 13.4 Å². The first kappa shape index (κ1) is 21.6. The third kappa shape index (κ3) is 4.00. The summed E-state index contributed by atoms with van der Waals surface area (Å²) in [7, 11) is 1.67. The van der Waals surface area contributed by atoms with Gasteiger partial charge in [-0.25, -0.2) is 0 Å². The van der Waals surface area contributed by atoms with Gasteiger partial charge in [0, 0.05) is 7.11 Å². The van der Waals surface area contributed by atoms with E-state index in [1.54, 1.807) is 7.11 Å². The van der Waals surface area contributed by atoms with E-state index in [2.05, 4.69) is 126 Å². The molecule has 3 atom stereocenters. The van der Waals surface area contributed by atoms with E-state index in [0.717, 1.165) is 0 Å². The van der Waals surface area contributed by atoms with Crippen molar-refractivity contribution >= 4 is 0 Å². The molecule has 0 saturated carbocycles. The van der Waals surface area contributed by atoms with Crippen molar-refractivity contribution in [3.63, 3.8) is 0 Å². The molecule has 33 heavy (non-hydrogen) atoms. The Morgan fingerprint density at radius 1 is 0.636 bits per heavy atom. The first-order chi connectivity index (χ1) is 16.4. The van der Waals surface area contributed by atoms with Gasteiger partial charge in [0.1, 0.15) is 6.79 Å². The topological polar surface area (TPSA) is 21.5 Å². The Bertz CT molecular complexity index is 1040. The van der Waals surface area contributed by atoms with E-state index >= 15 is 0 Å². The van der Waals surface area contributed by atoms with Crippen molar-refractivity contribution in [2.45, 2.75) is 17.6 Å². The highest BCUT2D eigenvalue weighted by molar-refractivity contribution is 5.52. The maximum Gasteiger partial charge on any atom is 0.146 e. The predicted octanol–water partition coefficient (Wildman–Crippen LogP) is 6.02. The smallest absolute Gasteiger partial charge is 0.146 e. The summed E-state index contributed by atoms with van der Waals surface area (Å²) in [5, 5.41) is 0. The van der Waals surface area contributed by atoms with Crippen LogP contribution in [0.5, 0.6) is 0 Å². The highest BCUT2D eigenvalue weighted by Crippen LogP contribution is 2.57. The zero-order chi connectivity index (χ0) is 22.5. The average molecular weight is 436 g/mol. The molecule has 4 aromatic rings. The molecular weight excluding hydrogens is 406 g/mol. The number of nitrogens with zero attached hydrogens (tertiary/aromatic N) is 1. The molecule has 0 aliphatic carbocycles. The third-order valence-electron chi connectivity index (χ3n) is 6.52. The Morgan fingerprint density at radius 2 is 1.06 bits per heavy atom. The molecule has 0 amide bonds. The first-order valence-corrected chi connectivity index (χ1v) is 11.4. The van der Waals surface area contributed by atoms with Gasteiger partial charge in [0.05, 0.1) is 24.2 Å². The minimum Gasteiger partial charge on any atom is -0.359 e. The first-order valence-electron chi connectivity index (χ1n) is 11.4. The van der Waals surface area contributed by atoms with Gasteiger partial charge in [0.2, 0.25) is 0 Å². The summed E-state index contributed by atoms with van der Waals surface area (Å²) >= 11 is 0. The molecule has 0 spiro atoms. The summed E-state index contributed by atoms with van der Waals surface area (Å²) in [5.74, 6) is 0. The van der Waals surface area contributed by atoms with Gasteiger partial charge in [-0.15, -0.1) is 0 Å². The zero-order valence-corrected chi connectivity index (χ0v) is 18.9. The Labute approximate surface area is 196 Å². The molecule has 3 nitrogen and oxygen atoms in total. The molecule has 1 unspecified atom stereocenters. The molecule has 3 heteroatoms. The van der Waals surface area contributed by atoms with Crippen LogP contribution in [-0.4, -0.2) is 31.5 Å². The second kappa shape index (κ2) is 9.72. The summed E-state index contributed by atoms with van der Waals surface area (Å²) in [6.45, 7) is 0.891. The molecule has 1 saturated heterocycles. The van der Waals surface area contributed by atoms with Crippen LogP contribution >= 0.6 is 0 Å². The highest BCUT2D eigenvalue weighted by Gasteiger charge is 2.60. The van der Waals surface area contributed by atoms with Crippen molar-refractivity contribution in [1.82, 2.24) is 4.90 Å². The lowest BCUT2D eigenvalue weighted by Gasteiger charge is -2.39. The van der Waals surface area contributed by atoms with E-state index < -0.39 is 5.54 Å². The molecular formula is C30H29NO2. The van der Waals surface area contributed by atoms with Crippen LogP contribution in [0.1, 0.15) is 28.3 Å². The Balaban J connectivity index is 1.73. The van der Waals surface area contributed by atoms with Crippen molar-refractivity contribution < 1.29 is 9.47 Å². The van der Waals surface area contributed by atoms with Crippen LogP contribution < -0.4 is 0 Å². The second-order valence-electron chi connectivity index (χ2n) is 8.42. The Kier molecular flexibility index (Phi) is 6.36. The monoisotopic (exact) mass is 435 g/mol. The average Bonchev–Trinajstić information content (AvgIpc) is 3.61. The molecule has 166 valence electrons. The van der Waals surface area contributed by atoms with Crippen molar-refractivity contribution in [1.29, 1.82) is 0 Å². The number of benzene rings is 4. The van der Waals surface area contributed by atoms with Crippen molar-refractivity contribution in [2.75, 3.05) is 20.5 Å². The maximum absolute atomic E-state index is 5.93. The van der Waals surface area contributed by atoms with Crippen LogP contribution in [0.4, 0.5) is 0 Å². The molecule has 4 aromatic carbocycles. The van der Waals surface area contributed by atoms with E-state index in [4.69, 9.17) is 9.47 Å². The standard InChI is InChI=1S/C30H29NO2/c1-32-23-33-22-28-29(24-14-6-2-7-15-24)31(28)30(25-16-8-3-9-17-25,26-18-10-4-11-19-26)27-20-12-5-13-21-27/h2-21,28-29H,22-23H2,1H3/t28-,29-,31?/m1/s1. The summed E-state index contributed by atoms with van der Waals surface area (Å²) in [6, 6.07) is 43.7. The lowest BCUT2D eigenvalue weighted by molar-refractivity contribution is -0.0334. The Morgan fingerprint density at radius 3 is 1.48 bits per heavy atom. The van der Waals surface area contributed by atoms with Gasteiger partial charge in [-0.3, -0.25) is 4.90 Å². The highest BCUT2D eigenvalue weighted by atomic mass is 16.7. The summed E-state index contributed by atoms with van der Waals surface area (Å²) in [6.07, 6.45) is 0. The lowest BCUT2D eigenvalue weighted by atomic mass is 9.76. The fourth-order valence-electron chi connectivity index (χ4n) is 5.18. The molecule has 1 fully saturated rings. The molecule has 1 heterocycles. The quantitative estimate of drug-likeness (QED) is 0.139. The molecule has 0 bridgehead atoms. The molecule has 0 N–H and O–H groups in total. The predicted molar refractivity (Wildman–Crippen MR) is 132 cm³/mol. The molecule has 0 aromatic heterocycles. The fourth-order valence-corrected chi connectivity index (χ4v) is 5.18. The number of methoxy groups -OCH3 is 1. The normalized spacial score (nSPS) is 19.8. The maximum atomic E-state index is 5.93. The van der Waals surface area contributed by atoms with E-state index in [1.807, 2.05) is 0 Å². The number of rotatable bonds is 9. The van der Waals surface area contributed by atoms with Crippen molar-refractivity contribution in [3.05, 3.63) is 144 Å². The second-order valence-corrected chi connectivity index (χ2v) is 8.42. The lowest BCUT2D eigenvalue weighted by Crippen LogP contribution is -2.39. The van der Waals surface area contributed by atoms with Gasteiger partial charge in [-0.1, -0.05) is 121 Å². The molecule has 1 aliphatic heterocycles. The summed E-state index contributed by atoms with van der Waals surface area (Å²) in [4.78, 5) is 2.61. The van der Waals surface area contributed by atoms with Crippen LogP contribution in [0, 0.1) is 0 Å². The zero-order valence-electron chi connectivity index (χ0n) is 18.9. The van der Waals surface area contributed by atoms with Crippen LogP contribution in [0.3, 0.4) is 0 Å². The summed E-state index contributed by atoms with van der Waals surface area (Å²) < 4.78 is 11.1. The van der Waals surface area contributed by atoms with E-state index in [-0.39, 0.29) is 12.1 Å². The number of ether oxygens (including phenoxy) is 2. The number of hydrogen-bond acceptors (Lipinski definition) is 3. The molecule has 0 radical (unpaired) electrons. The number of hydrogen-bond donors (Lipinski definition) is 0. The van der Waals surface area contributed by atoms with Crippen molar-refractivity contribution in [2.24, 2.45) is 0 Å². The third-order valence-corrected chi connectivity index (χ3v) is 6.52. The van der Waals surface area contributed by atoms with Crippen LogP contribution in [0.15, 0.2) is 121 Å². The van der Waals surface area contributed by atoms with Gasteiger partial charge in [-0.05, 0) is 22.3 Å². The minimum atomic E-state index is -0.453. The minimum absolute atomic E-state index is 0.211. The molecule has 5 rings (SSSR count). The van der Waals surface area contributed by atoms with E-state index in [9.17, 15) is 0 Å². The van der Waals surface area contributed by atoms with Gasteiger partial charge < -0.3 is 9.47 Å². The van der Waals surface area contributed by atoms with Crippen LogP contribution in [0.25, 0.3) is 0 Å². The van der Waals surface area contributed by atoms with Gasteiger partial charge in [0.25, 0.3) is 0 Å². The SMILES string of the molecule is COCOC[C@@H]1[C@@H](c2ccccc2)N1C(c1ccccc1)(c1ccccc1)c1ccccc1. The van der Waals surface area contributed by atoms with Crippen LogP contribution in [-0.2, 0) is 15.0 Å². The van der Waals surface area contributed by atoms with Crippen molar-refractivity contribution in [3.8, 4) is 0 Å².